The van der Waals surface area contributed by atoms with E-state index in [0.29, 0.717) is 11.3 Å². The fraction of sp³-hybridized carbons (Fsp3) is 0.500. The van der Waals surface area contributed by atoms with Crippen LogP contribution >= 0.6 is 0 Å². The minimum Gasteiger partial charge on any atom is -0.266 e. The lowest BCUT2D eigenvalue weighted by molar-refractivity contribution is 0.445. The summed E-state index contributed by atoms with van der Waals surface area (Å²) in [5, 5.41) is 0. The van der Waals surface area contributed by atoms with E-state index in [-0.39, 0.29) is 0 Å². The van der Waals surface area contributed by atoms with Crippen molar-refractivity contribution in [3.8, 4) is 0 Å². The highest BCUT2D eigenvalue weighted by atomic mass is 14.8. The van der Waals surface area contributed by atoms with E-state index in [1.165, 1.54) is 17.6 Å². The molecule has 3 unspecified atom stereocenters. The van der Waals surface area contributed by atoms with Crippen molar-refractivity contribution in [3.63, 3.8) is 0 Å². The highest BCUT2D eigenvalue weighted by Gasteiger charge is 2.55. The van der Waals surface area contributed by atoms with Crippen LogP contribution in [0.15, 0.2) is 41.2 Å². The normalized spacial score (nSPS) is 31.1. The molecule has 0 N–H and O–H groups in total. The third kappa shape index (κ3) is 2.55. The van der Waals surface area contributed by atoms with Crippen LogP contribution in [0.4, 0.5) is 0 Å². The second-order valence-corrected chi connectivity index (χ2v) is 6.85. The van der Waals surface area contributed by atoms with Crippen LogP contribution in [-0.4, -0.2) is 11.2 Å². The molecule has 1 aromatic rings. The summed E-state index contributed by atoms with van der Waals surface area (Å²) < 4.78 is 0. The molecule has 22 heavy (non-hydrogen) atoms. The van der Waals surface area contributed by atoms with Gasteiger partial charge in [-0.15, -0.1) is 0 Å². The number of allylic oxidation sites excluding steroid dienone is 4. The molecule has 2 heteroatoms. The van der Waals surface area contributed by atoms with Gasteiger partial charge in [0.05, 0.1) is 5.69 Å². The number of aromatic nitrogens is 1. The monoisotopic (exact) mass is 294 g/mol. The lowest BCUT2D eigenvalue weighted by atomic mass is 9.76. The first-order valence-corrected chi connectivity index (χ1v) is 8.42. The van der Waals surface area contributed by atoms with Crippen LogP contribution in [0.3, 0.4) is 0 Å². The molecular formula is C20H26N2. The SMILES string of the molecule is CCC=CC1(C2CC=NC(C)=C2c2cc(C)ccn2)CC1C. The Hall–Kier alpha value is -1.70. The minimum atomic E-state index is 0.310. The van der Waals surface area contributed by atoms with Crippen LogP contribution in [-0.2, 0) is 0 Å². The van der Waals surface area contributed by atoms with E-state index in [1.807, 2.05) is 6.20 Å². The van der Waals surface area contributed by atoms with Crippen LogP contribution in [0, 0.1) is 24.2 Å². The molecule has 1 aliphatic carbocycles. The summed E-state index contributed by atoms with van der Waals surface area (Å²) in [5.74, 6) is 1.26. The molecule has 0 radical (unpaired) electrons. The van der Waals surface area contributed by atoms with Crippen molar-refractivity contribution in [1.29, 1.82) is 0 Å². The Morgan fingerprint density at radius 2 is 2.14 bits per heavy atom. The zero-order valence-corrected chi connectivity index (χ0v) is 14.1. The Morgan fingerprint density at radius 3 is 2.77 bits per heavy atom. The van der Waals surface area contributed by atoms with Gasteiger partial charge < -0.3 is 0 Å². The highest BCUT2D eigenvalue weighted by Crippen LogP contribution is 2.63. The van der Waals surface area contributed by atoms with E-state index >= 15 is 0 Å². The Labute approximate surface area is 134 Å². The van der Waals surface area contributed by atoms with Gasteiger partial charge in [0, 0.05) is 29.6 Å². The summed E-state index contributed by atoms with van der Waals surface area (Å²) in [7, 11) is 0. The molecule has 1 aromatic heterocycles. The third-order valence-electron chi connectivity index (χ3n) is 5.29. The number of aryl methyl sites for hydroxylation is 1. The lowest BCUT2D eigenvalue weighted by Crippen LogP contribution is -2.22. The molecule has 0 aromatic carbocycles. The van der Waals surface area contributed by atoms with Gasteiger partial charge in [-0.1, -0.05) is 26.0 Å². The predicted octanol–water partition coefficient (Wildman–Crippen LogP) is 5.20. The second-order valence-electron chi connectivity index (χ2n) is 6.85. The maximum absolute atomic E-state index is 4.65. The molecule has 0 spiro atoms. The molecule has 0 bridgehead atoms. The zero-order chi connectivity index (χ0) is 15.7. The van der Waals surface area contributed by atoms with Gasteiger partial charge in [-0.05, 0) is 62.1 Å². The number of hydrogen-bond donors (Lipinski definition) is 0. The van der Waals surface area contributed by atoms with Gasteiger partial charge in [-0.25, -0.2) is 0 Å². The molecule has 1 saturated carbocycles. The predicted molar refractivity (Wildman–Crippen MR) is 93.8 cm³/mol. The van der Waals surface area contributed by atoms with Crippen LogP contribution in [0.25, 0.3) is 5.57 Å². The van der Waals surface area contributed by atoms with Crippen molar-refractivity contribution in [1.82, 2.24) is 4.98 Å². The van der Waals surface area contributed by atoms with Gasteiger partial charge in [0.15, 0.2) is 0 Å². The Morgan fingerprint density at radius 1 is 1.36 bits per heavy atom. The lowest BCUT2D eigenvalue weighted by Gasteiger charge is -2.30. The molecular weight excluding hydrogens is 268 g/mol. The average molecular weight is 294 g/mol. The molecule has 1 fully saturated rings. The standard InChI is InChI=1S/C20H26N2/c1-5-6-9-20(13-15(20)3)17-8-11-21-16(4)19(17)18-12-14(2)7-10-22-18/h6-7,9-12,15,17H,5,8,13H2,1-4H3. The van der Waals surface area contributed by atoms with Crippen molar-refractivity contribution < 1.29 is 0 Å². The van der Waals surface area contributed by atoms with Crippen LogP contribution in [0.2, 0.25) is 0 Å². The molecule has 0 saturated heterocycles. The van der Waals surface area contributed by atoms with Crippen LogP contribution < -0.4 is 0 Å². The van der Waals surface area contributed by atoms with Crippen molar-refractivity contribution >= 4 is 11.8 Å². The van der Waals surface area contributed by atoms with Crippen LogP contribution in [0.1, 0.15) is 51.3 Å². The van der Waals surface area contributed by atoms with Gasteiger partial charge in [0.1, 0.15) is 0 Å². The van der Waals surface area contributed by atoms with Gasteiger partial charge in [-0.3, -0.25) is 9.98 Å². The van der Waals surface area contributed by atoms with Crippen molar-refractivity contribution in [2.24, 2.45) is 22.2 Å². The third-order valence-corrected chi connectivity index (χ3v) is 5.29. The second kappa shape index (κ2) is 5.83. The van der Waals surface area contributed by atoms with E-state index in [0.717, 1.165) is 30.2 Å². The van der Waals surface area contributed by atoms with Gasteiger partial charge >= 0.3 is 0 Å². The molecule has 3 rings (SSSR count). The van der Waals surface area contributed by atoms with E-state index in [4.69, 9.17) is 0 Å². The fourth-order valence-corrected chi connectivity index (χ4v) is 3.91. The smallest absolute Gasteiger partial charge is 0.0685 e. The average Bonchev–Trinajstić information content (AvgIpc) is 3.16. The maximum atomic E-state index is 4.65. The van der Waals surface area contributed by atoms with E-state index < -0.39 is 0 Å². The number of hydrogen-bond acceptors (Lipinski definition) is 2. The van der Waals surface area contributed by atoms with Gasteiger partial charge in [0.2, 0.25) is 0 Å². The molecule has 2 aliphatic rings. The Balaban J connectivity index is 2.04. The topological polar surface area (TPSA) is 25.2 Å². The summed E-state index contributed by atoms with van der Waals surface area (Å²) in [6.07, 6.45) is 12.3. The van der Waals surface area contributed by atoms with Gasteiger partial charge in [-0.2, -0.15) is 0 Å². The first kappa shape index (κ1) is 15.2. The van der Waals surface area contributed by atoms with E-state index in [2.05, 4.69) is 68.2 Å². The molecule has 3 atom stereocenters. The van der Waals surface area contributed by atoms with Crippen molar-refractivity contribution in [2.45, 2.75) is 47.0 Å². The first-order chi connectivity index (χ1) is 10.6. The molecule has 2 heterocycles. The summed E-state index contributed by atoms with van der Waals surface area (Å²) in [6.45, 7) is 8.85. The largest absolute Gasteiger partial charge is 0.266 e. The van der Waals surface area contributed by atoms with Crippen LogP contribution in [0.5, 0.6) is 0 Å². The quantitative estimate of drug-likeness (QED) is 0.700. The Bertz CT molecular complexity index is 653. The number of nitrogens with zero attached hydrogens (tertiary/aromatic N) is 2. The number of pyridine rings is 1. The minimum absolute atomic E-state index is 0.310. The fourth-order valence-electron chi connectivity index (χ4n) is 3.91. The molecule has 0 amide bonds. The molecule has 1 aliphatic heterocycles. The van der Waals surface area contributed by atoms with Crippen molar-refractivity contribution in [3.05, 3.63) is 47.4 Å². The summed E-state index contributed by atoms with van der Waals surface area (Å²) in [5.41, 5.74) is 5.18. The molecule has 116 valence electrons. The maximum Gasteiger partial charge on any atom is 0.0685 e. The molecule has 2 nitrogen and oxygen atoms in total. The first-order valence-electron chi connectivity index (χ1n) is 8.42. The summed E-state index contributed by atoms with van der Waals surface area (Å²) in [6, 6.07) is 4.27. The van der Waals surface area contributed by atoms with Gasteiger partial charge in [0.25, 0.3) is 0 Å². The zero-order valence-electron chi connectivity index (χ0n) is 14.1. The van der Waals surface area contributed by atoms with E-state index in [1.54, 1.807) is 0 Å². The Kier molecular flexibility index (Phi) is 4.03. The number of aliphatic imine (C=N–C) groups is 1. The highest BCUT2D eigenvalue weighted by molar-refractivity contribution is 5.78. The summed E-state index contributed by atoms with van der Waals surface area (Å²) >= 11 is 0. The van der Waals surface area contributed by atoms with Crippen molar-refractivity contribution in [2.75, 3.05) is 0 Å². The number of rotatable bonds is 4. The van der Waals surface area contributed by atoms with E-state index in [9.17, 15) is 0 Å². The summed E-state index contributed by atoms with van der Waals surface area (Å²) in [4.78, 5) is 9.26.